The molecule has 6 nitrogen and oxygen atoms in total. The molecular weight excluding hydrogens is 412 g/mol. The van der Waals surface area contributed by atoms with Gasteiger partial charge in [-0.2, -0.15) is 11.8 Å². The predicted octanol–water partition coefficient (Wildman–Crippen LogP) is 4.49. The number of ether oxygens (including phenoxy) is 2. The quantitative estimate of drug-likeness (QED) is 0.596. The average Bonchev–Trinajstić information content (AvgIpc) is 2.75. The number of methoxy groups -OCH3 is 2. The fraction of sp³-hybridized carbons (Fsp3) is 0.417. The molecule has 0 saturated carbocycles. The van der Waals surface area contributed by atoms with Crippen molar-refractivity contribution in [3.63, 3.8) is 0 Å². The number of carbonyl (C=O) groups is 2. The highest BCUT2D eigenvalue weighted by Crippen LogP contribution is 2.30. The Bertz CT molecular complexity index is 891. The number of anilines is 1. The van der Waals surface area contributed by atoms with E-state index in [0.29, 0.717) is 29.2 Å². The fourth-order valence-corrected chi connectivity index (χ4v) is 3.48. The molecule has 31 heavy (non-hydrogen) atoms. The predicted molar refractivity (Wildman–Crippen MR) is 128 cm³/mol. The lowest BCUT2D eigenvalue weighted by Gasteiger charge is -2.20. The molecule has 0 spiro atoms. The van der Waals surface area contributed by atoms with Crippen molar-refractivity contribution in [2.75, 3.05) is 31.5 Å². The van der Waals surface area contributed by atoms with E-state index in [9.17, 15) is 9.59 Å². The summed E-state index contributed by atoms with van der Waals surface area (Å²) >= 11 is 1.62. The molecule has 2 aromatic rings. The zero-order chi connectivity index (χ0) is 23.0. The van der Waals surface area contributed by atoms with Gasteiger partial charge in [0.2, 0.25) is 5.91 Å². The summed E-state index contributed by atoms with van der Waals surface area (Å²) in [7, 11) is 3.09. The zero-order valence-electron chi connectivity index (χ0n) is 19.1. The number of nitrogens with one attached hydrogen (secondary N) is 2. The lowest BCUT2D eigenvalue weighted by atomic mass is 9.86. The third-order valence-corrected chi connectivity index (χ3v) is 5.54. The van der Waals surface area contributed by atoms with Crippen LogP contribution in [-0.2, 0) is 10.2 Å². The first-order valence-electron chi connectivity index (χ1n) is 10.1. The Morgan fingerprint density at radius 1 is 1.00 bits per heavy atom. The van der Waals surface area contributed by atoms with Crippen molar-refractivity contribution < 1.29 is 19.1 Å². The second kappa shape index (κ2) is 11.1. The van der Waals surface area contributed by atoms with Gasteiger partial charge in [-0.1, -0.05) is 32.9 Å². The normalized spacial score (nSPS) is 12.1. The molecule has 0 bridgehead atoms. The molecule has 0 aliphatic rings. The standard InChI is InChI=1S/C24H32N2O4S/c1-24(2,3)17-9-7-16(8-10-17)22(27)26-19(13-14-31-6)23(28)25-18-11-12-20(29-4)21(15-18)30-5/h7-12,15,19H,13-14H2,1-6H3,(H,25,28)(H,26,27)/t19-/m0/s1. The first kappa shape index (κ1) is 24.6. The van der Waals surface area contributed by atoms with Gasteiger partial charge in [0.05, 0.1) is 14.2 Å². The van der Waals surface area contributed by atoms with Crippen molar-refractivity contribution in [2.45, 2.75) is 38.6 Å². The first-order valence-corrected chi connectivity index (χ1v) is 11.5. The van der Waals surface area contributed by atoms with E-state index < -0.39 is 6.04 Å². The number of benzene rings is 2. The first-order chi connectivity index (χ1) is 14.7. The summed E-state index contributed by atoms with van der Waals surface area (Å²) in [5.74, 6) is 1.29. The van der Waals surface area contributed by atoms with Crippen LogP contribution in [-0.4, -0.2) is 44.1 Å². The molecule has 0 heterocycles. The van der Waals surface area contributed by atoms with Crippen LogP contribution in [0.25, 0.3) is 0 Å². The van der Waals surface area contributed by atoms with Gasteiger partial charge < -0.3 is 20.1 Å². The lowest BCUT2D eigenvalue weighted by molar-refractivity contribution is -0.118. The fourth-order valence-electron chi connectivity index (χ4n) is 3.01. The number of rotatable bonds is 9. The monoisotopic (exact) mass is 444 g/mol. The van der Waals surface area contributed by atoms with Crippen LogP contribution >= 0.6 is 11.8 Å². The molecule has 0 fully saturated rings. The maximum absolute atomic E-state index is 12.9. The van der Waals surface area contributed by atoms with Gasteiger partial charge in [0.15, 0.2) is 11.5 Å². The van der Waals surface area contributed by atoms with Crippen molar-refractivity contribution >= 4 is 29.3 Å². The van der Waals surface area contributed by atoms with E-state index in [1.165, 1.54) is 7.11 Å². The minimum Gasteiger partial charge on any atom is -0.493 e. The summed E-state index contributed by atoms with van der Waals surface area (Å²) in [6.45, 7) is 6.37. The zero-order valence-corrected chi connectivity index (χ0v) is 19.9. The summed E-state index contributed by atoms with van der Waals surface area (Å²) in [4.78, 5) is 25.7. The minimum absolute atomic E-state index is 0.00912. The SMILES string of the molecule is COc1ccc(NC(=O)[C@H](CCSC)NC(=O)c2ccc(C(C)(C)C)cc2)cc1OC. The van der Waals surface area contributed by atoms with Gasteiger partial charge in [-0.3, -0.25) is 9.59 Å². The third kappa shape index (κ3) is 6.92. The van der Waals surface area contributed by atoms with E-state index in [-0.39, 0.29) is 17.2 Å². The van der Waals surface area contributed by atoms with E-state index in [1.807, 2.05) is 18.4 Å². The topological polar surface area (TPSA) is 76.7 Å². The molecule has 0 radical (unpaired) electrons. The van der Waals surface area contributed by atoms with Crippen LogP contribution < -0.4 is 20.1 Å². The van der Waals surface area contributed by atoms with Gasteiger partial charge in [-0.05, 0) is 53.7 Å². The molecule has 2 N–H and O–H groups in total. The molecule has 0 saturated heterocycles. The molecule has 7 heteroatoms. The Hall–Kier alpha value is -2.67. The molecule has 1 atom stereocenters. The van der Waals surface area contributed by atoms with Crippen LogP contribution in [0.1, 0.15) is 43.1 Å². The number of thioether (sulfide) groups is 1. The minimum atomic E-state index is -0.657. The van der Waals surface area contributed by atoms with E-state index in [4.69, 9.17) is 9.47 Å². The van der Waals surface area contributed by atoms with Crippen LogP contribution in [0.15, 0.2) is 42.5 Å². The summed E-state index contributed by atoms with van der Waals surface area (Å²) < 4.78 is 10.5. The Labute approximate surface area is 189 Å². The molecule has 2 rings (SSSR count). The van der Waals surface area contributed by atoms with Crippen LogP contribution in [0.5, 0.6) is 11.5 Å². The van der Waals surface area contributed by atoms with Crippen molar-refractivity contribution in [3.8, 4) is 11.5 Å². The van der Waals surface area contributed by atoms with Crippen molar-refractivity contribution in [3.05, 3.63) is 53.6 Å². The van der Waals surface area contributed by atoms with Crippen LogP contribution in [0.3, 0.4) is 0 Å². The molecule has 0 aliphatic heterocycles. The number of hydrogen-bond donors (Lipinski definition) is 2. The largest absolute Gasteiger partial charge is 0.493 e. The van der Waals surface area contributed by atoms with Crippen LogP contribution in [0.2, 0.25) is 0 Å². The van der Waals surface area contributed by atoms with Gasteiger partial charge in [0, 0.05) is 17.3 Å². The molecule has 2 amide bonds. The summed E-state index contributed by atoms with van der Waals surface area (Å²) in [6, 6.07) is 12.0. The van der Waals surface area contributed by atoms with E-state index in [2.05, 4.69) is 31.4 Å². The van der Waals surface area contributed by atoms with Crippen molar-refractivity contribution in [2.24, 2.45) is 0 Å². The molecule has 0 unspecified atom stereocenters. The van der Waals surface area contributed by atoms with Crippen molar-refractivity contribution in [1.82, 2.24) is 5.32 Å². The molecular formula is C24H32N2O4S. The Morgan fingerprint density at radius 2 is 1.65 bits per heavy atom. The number of amides is 2. The smallest absolute Gasteiger partial charge is 0.251 e. The second-order valence-electron chi connectivity index (χ2n) is 8.19. The average molecular weight is 445 g/mol. The highest BCUT2D eigenvalue weighted by atomic mass is 32.2. The summed E-state index contributed by atoms with van der Waals surface area (Å²) in [5, 5.41) is 5.74. The van der Waals surface area contributed by atoms with Crippen molar-refractivity contribution in [1.29, 1.82) is 0 Å². The molecule has 2 aromatic carbocycles. The van der Waals surface area contributed by atoms with Crippen LogP contribution in [0, 0.1) is 0 Å². The number of carbonyl (C=O) groups excluding carboxylic acids is 2. The summed E-state index contributed by atoms with van der Waals surface area (Å²) in [5.41, 5.74) is 2.26. The lowest BCUT2D eigenvalue weighted by Crippen LogP contribution is -2.44. The molecule has 168 valence electrons. The Morgan fingerprint density at radius 3 is 2.19 bits per heavy atom. The van der Waals surface area contributed by atoms with E-state index >= 15 is 0 Å². The third-order valence-electron chi connectivity index (χ3n) is 4.90. The Balaban J connectivity index is 2.13. The summed E-state index contributed by atoms with van der Waals surface area (Å²) in [6.07, 6.45) is 2.49. The van der Waals surface area contributed by atoms with E-state index in [0.717, 1.165) is 11.3 Å². The second-order valence-corrected chi connectivity index (χ2v) is 9.18. The number of hydrogen-bond acceptors (Lipinski definition) is 5. The highest BCUT2D eigenvalue weighted by molar-refractivity contribution is 7.98. The van der Waals surface area contributed by atoms with Gasteiger partial charge in [0.25, 0.3) is 5.91 Å². The van der Waals surface area contributed by atoms with Gasteiger partial charge in [-0.15, -0.1) is 0 Å². The van der Waals surface area contributed by atoms with Gasteiger partial charge >= 0.3 is 0 Å². The van der Waals surface area contributed by atoms with Gasteiger partial charge in [-0.25, -0.2) is 0 Å². The Kier molecular flexibility index (Phi) is 8.80. The van der Waals surface area contributed by atoms with Crippen LogP contribution in [0.4, 0.5) is 5.69 Å². The molecule has 0 aliphatic carbocycles. The van der Waals surface area contributed by atoms with E-state index in [1.54, 1.807) is 49.2 Å². The maximum atomic E-state index is 12.9. The van der Waals surface area contributed by atoms with Gasteiger partial charge in [0.1, 0.15) is 6.04 Å². The maximum Gasteiger partial charge on any atom is 0.251 e. The molecule has 0 aromatic heterocycles. The highest BCUT2D eigenvalue weighted by Gasteiger charge is 2.22.